The molecule has 0 fully saturated rings. The fraction of sp³-hybridized carbons (Fsp3) is 0.429. The first kappa shape index (κ1) is 15.3. The number of carboxylic acids is 1. The summed E-state index contributed by atoms with van der Waals surface area (Å²) in [6, 6.07) is 8.08. The second-order valence-electron chi connectivity index (χ2n) is 4.64. The molecule has 0 saturated heterocycles. The van der Waals surface area contributed by atoms with Crippen molar-refractivity contribution in [3.63, 3.8) is 0 Å². The maximum atomic E-state index is 12.2. The van der Waals surface area contributed by atoms with E-state index in [1.165, 1.54) is 0 Å². The Labute approximate surface area is 113 Å². The van der Waals surface area contributed by atoms with Crippen LogP contribution in [0.1, 0.15) is 16.8 Å². The molecule has 0 aromatic heterocycles. The van der Waals surface area contributed by atoms with Crippen LogP contribution in [-0.4, -0.2) is 55.0 Å². The van der Waals surface area contributed by atoms with Crippen molar-refractivity contribution >= 4 is 11.8 Å². The largest absolute Gasteiger partial charge is 0.481 e. The van der Waals surface area contributed by atoms with Crippen LogP contribution in [0.3, 0.4) is 0 Å². The predicted molar refractivity (Wildman–Crippen MR) is 73.4 cm³/mol. The molecule has 0 amide bonds. The van der Waals surface area contributed by atoms with E-state index in [-0.39, 0.29) is 12.2 Å². The number of Topliss-reactive ketones (excluding diaryl/α,β-unsaturated/α-hetero) is 1. The van der Waals surface area contributed by atoms with Crippen molar-refractivity contribution in [1.29, 1.82) is 0 Å². The van der Waals surface area contributed by atoms with E-state index in [9.17, 15) is 9.59 Å². The Morgan fingerprint density at radius 3 is 2.42 bits per heavy atom. The minimum absolute atomic E-state index is 0.179. The minimum Gasteiger partial charge on any atom is -0.481 e. The van der Waals surface area contributed by atoms with Gasteiger partial charge in [0.2, 0.25) is 0 Å². The molecule has 0 aliphatic rings. The third kappa shape index (κ3) is 5.63. The van der Waals surface area contributed by atoms with Gasteiger partial charge in [-0.25, -0.2) is 0 Å². The second kappa shape index (κ2) is 7.66. The van der Waals surface area contributed by atoms with Crippen molar-refractivity contribution < 1.29 is 14.7 Å². The zero-order valence-electron chi connectivity index (χ0n) is 11.3. The van der Waals surface area contributed by atoms with Gasteiger partial charge in [0.05, 0.1) is 12.5 Å². The fourth-order valence-electron chi connectivity index (χ4n) is 1.70. The van der Waals surface area contributed by atoms with Crippen LogP contribution in [0, 0.1) is 0 Å². The van der Waals surface area contributed by atoms with E-state index in [1.807, 2.05) is 25.1 Å². The smallest absolute Gasteiger partial charge is 0.305 e. The van der Waals surface area contributed by atoms with Gasteiger partial charge in [0.25, 0.3) is 0 Å². The van der Waals surface area contributed by atoms with Crippen LogP contribution in [0.5, 0.6) is 0 Å². The van der Waals surface area contributed by atoms with E-state index >= 15 is 0 Å². The Morgan fingerprint density at radius 2 is 1.89 bits per heavy atom. The van der Waals surface area contributed by atoms with E-state index in [1.54, 1.807) is 24.3 Å². The van der Waals surface area contributed by atoms with Gasteiger partial charge in [-0.1, -0.05) is 30.3 Å². The van der Waals surface area contributed by atoms with Crippen molar-refractivity contribution in [2.24, 2.45) is 0 Å². The summed E-state index contributed by atoms with van der Waals surface area (Å²) in [5.74, 6) is -1.16. The molecule has 2 N–H and O–H groups in total. The molecule has 0 heterocycles. The summed E-state index contributed by atoms with van der Waals surface area (Å²) < 4.78 is 0. The lowest BCUT2D eigenvalue weighted by Crippen LogP contribution is -2.41. The third-order valence-corrected chi connectivity index (χ3v) is 2.70. The molecule has 5 nitrogen and oxygen atoms in total. The minimum atomic E-state index is -0.980. The molecule has 0 saturated carbocycles. The number of carboxylic acid groups (broad SMARTS) is 1. The molecule has 0 spiro atoms. The maximum Gasteiger partial charge on any atom is 0.305 e. The normalized spacial score (nSPS) is 12.4. The van der Waals surface area contributed by atoms with Crippen molar-refractivity contribution in [3.8, 4) is 0 Å². The van der Waals surface area contributed by atoms with Crippen molar-refractivity contribution in [2.75, 3.05) is 27.2 Å². The van der Waals surface area contributed by atoms with Crippen LogP contribution in [0.4, 0.5) is 0 Å². The van der Waals surface area contributed by atoms with Gasteiger partial charge in [0.15, 0.2) is 5.78 Å². The number of benzene rings is 1. The lowest BCUT2D eigenvalue weighted by atomic mass is 10.0. The molecule has 0 radical (unpaired) electrons. The average Bonchev–Trinajstić information content (AvgIpc) is 2.37. The quantitative estimate of drug-likeness (QED) is 0.682. The SMILES string of the molecule is CN(C)CCNC(CC(=O)O)C(=O)c1ccccc1. The van der Waals surface area contributed by atoms with E-state index in [2.05, 4.69) is 5.32 Å². The first-order valence-corrected chi connectivity index (χ1v) is 6.20. The standard InChI is InChI=1S/C14H20N2O3/c1-16(2)9-8-15-12(10-13(17)18)14(19)11-6-4-3-5-7-11/h3-7,12,15H,8-10H2,1-2H3,(H,17,18). The first-order chi connectivity index (χ1) is 9.00. The van der Waals surface area contributed by atoms with Gasteiger partial charge < -0.3 is 15.3 Å². The number of carbonyl (C=O) groups excluding carboxylic acids is 1. The van der Waals surface area contributed by atoms with Gasteiger partial charge in [-0.3, -0.25) is 9.59 Å². The molecule has 1 aromatic rings. The molecular formula is C14H20N2O3. The van der Waals surface area contributed by atoms with E-state index < -0.39 is 12.0 Å². The molecule has 1 unspecified atom stereocenters. The highest BCUT2D eigenvalue weighted by molar-refractivity contribution is 6.01. The number of carbonyl (C=O) groups is 2. The van der Waals surface area contributed by atoms with Gasteiger partial charge in [-0.05, 0) is 14.1 Å². The maximum absolute atomic E-state index is 12.2. The molecule has 1 atom stereocenters. The lowest BCUT2D eigenvalue weighted by molar-refractivity contribution is -0.137. The van der Waals surface area contributed by atoms with Gasteiger partial charge in [0, 0.05) is 18.7 Å². The zero-order valence-corrected chi connectivity index (χ0v) is 11.3. The van der Waals surface area contributed by atoms with Crippen molar-refractivity contribution in [2.45, 2.75) is 12.5 Å². The highest BCUT2D eigenvalue weighted by atomic mass is 16.4. The molecule has 5 heteroatoms. The summed E-state index contributed by atoms with van der Waals surface area (Å²) in [7, 11) is 3.85. The topological polar surface area (TPSA) is 69.6 Å². The summed E-state index contributed by atoms with van der Waals surface area (Å²) in [6.45, 7) is 1.32. The molecular weight excluding hydrogens is 244 g/mol. The Bertz CT molecular complexity index is 418. The number of nitrogens with one attached hydrogen (secondary N) is 1. The molecule has 0 aliphatic carbocycles. The lowest BCUT2D eigenvalue weighted by Gasteiger charge is -2.17. The second-order valence-corrected chi connectivity index (χ2v) is 4.64. The van der Waals surface area contributed by atoms with Crippen molar-refractivity contribution in [1.82, 2.24) is 10.2 Å². The monoisotopic (exact) mass is 264 g/mol. The van der Waals surface area contributed by atoms with Gasteiger partial charge >= 0.3 is 5.97 Å². The van der Waals surface area contributed by atoms with E-state index in [4.69, 9.17) is 5.11 Å². The molecule has 104 valence electrons. The van der Waals surface area contributed by atoms with Crippen LogP contribution in [0.15, 0.2) is 30.3 Å². The summed E-state index contributed by atoms with van der Waals surface area (Å²) in [5, 5.41) is 11.9. The van der Waals surface area contributed by atoms with Crippen LogP contribution in [-0.2, 0) is 4.79 Å². The number of aliphatic carboxylic acids is 1. The third-order valence-electron chi connectivity index (χ3n) is 2.70. The van der Waals surface area contributed by atoms with Gasteiger partial charge in [-0.2, -0.15) is 0 Å². The number of ketones is 1. The van der Waals surface area contributed by atoms with Gasteiger partial charge in [0.1, 0.15) is 0 Å². The van der Waals surface area contributed by atoms with E-state index in [0.29, 0.717) is 12.1 Å². The summed E-state index contributed by atoms with van der Waals surface area (Å²) in [6.07, 6.45) is -0.207. The summed E-state index contributed by atoms with van der Waals surface area (Å²) in [5.41, 5.74) is 0.533. The number of nitrogens with zero attached hydrogens (tertiary/aromatic N) is 1. The number of rotatable bonds is 8. The number of hydrogen-bond acceptors (Lipinski definition) is 4. The number of likely N-dealkylation sites (N-methyl/N-ethyl adjacent to an activating group) is 1. The predicted octanol–water partition coefficient (Wildman–Crippen LogP) is 0.864. The van der Waals surface area contributed by atoms with Crippen LogP contribution < -0.4 is 5.32 Å². The molecule has 19 heavy (non-hydrogen) atoms. The fourth-order valence-corrected chi connectivity index (χ4v) is 1.70. The van der Waals surface area contributed by atoms with Gasteiger partial charge in [-0.15, -0.1) is 0 Å². The summed E-state index contributed by atoms with van der Waals surface area (Å²) in [4.78, 5) is 25.0. The Morgan fingerprint density at radius 1 is 1.26 bits per heavy atom. The summed E-state index contributed by atoms with van der Waals surface area (Å²) >= 11 is 0. The number of hydrogen-bond donors (Lipinski definition) is 2. The molecule has 1 aromatic carbocycles. The van der Waals surface area contributed by atoms with E-state index in [0.717, 1.165) is 6.54 Å². The zero-order chi connectivity index (χ0) is 14.3. The van der Waals surface area contributed by atoms with Crippen LogP contribution >= 0.6 is 0 Å². The first-order valence-electron chi connectivity index (χ1n) is 6.20. The highest BCUT2D eigenvalue weighted by Gasteiger charge is 2.22. The highest BCUT2D eigenvalue weighted by Crippen LogP contribution is 2.06. The van der Waals surface area contributed by atoms with Crippen LogP contribution in [0.2, 0.25) is 0 Å². The molecule has 1 rings (SSSR count). The molecule has 0 aliphatic heterocycles. The Balaban J connectivity index is 2.67. The average molecular weight is 264 g/mol. The Kier molecular flexibility index (Phi) is 6.18. The van der Waals surface area contributed by atoms with Crippen molar-refractivity contribution in [3.05, 3.63) is 35.9 Å². The molecule has 0 bridgehead atoms. The van der Waals surface area contributed by atoms with Crippen LogP contribution in [0.25, 0.3) is 0 Å². The Hall–Kier alpha value is -1.72.